The van der Waals surface area contributed by atoms with Gasteiger partial charge in [0.25, 0.3) is 0 Å². The van der Waals surface area contributed by atoms with Gasteiger partial charge in [0.2, 0.25) is 0 Å². The van der Waals surface area contributed by atoms with Crippen LogP contribution in [-0.4, -0.2) is 20.9 Å². The van der Waals surface area contributed by atoms with E-state index in [1.807, 2.05) is 18.4 Å². The highest BCUT2D eigenvalue weighted by molar-refractivity contribution is 7.97. The van der Waals surface area contributed by atoms with E-state index >= 15 is 0 Å². The number of hydrogen-bond donors (Lipinski definition) is 0. The Morgan fingerprint density at radius 3 is 2.15 bits per heavy atom. The maximum absolute atomic E-state index is 11.1. The molecule has 0 unspecified atom stereocenters. The number of sulfone groups is 1. The van der Waals surface area contributed by atoms with Crippen molar-refractivity contribution in [3.8, 4) is 0 Å². The van der Waals surface area contributed by atoms with E-state index in [2.05, 4.69) is 0 Å². The third-order valence-electron chi connectivity index (χ3n) is 1.66. The Hall–Kier alpha value is -0.480. The zero-order valence-electron chi connectivity index (χ0n) is 7.65. The second-order valence-electron chi connectivity index (χ2n) is 2.85. The van der Waals surface area contributed by atoms with E-state index < -0.39 is 9.84 Å². The molecule has 0 aromatic heterocycles. The third-order valence-corrected chi connectivity index (χ3v) is 3.41. The van der Waals surface area contributed by atoms with E-state index in [0.29, 0.717) is 4.90 Å². The largest absolute Gasteiger partial charge is 0.224 e. The minimum absolute atomic E-state index is 0.386. The van der Waals surface area contributed by atoms with Gasteiger partial charge in [0.1, 0.15) is 0 Å². The van der Waals surface area contributed by atoms with E-state index in [0.717, 1.165) is 11.3 Å². The zero-order valence-corrected chi connectivity index (χ0v) is 9.28. The standard InChI is InChI=1S/C9H12O2S2/c1-12-7-8-3-5-9(6-4-8)13(2,10)11/h3-6H,7H2,1-2H3. The molecule has 0 aliphatic carbocycles. The maximum atomic E-state index is 11.1. The lowest BCUT2D eigenvalue weighted by Gasteiger charge is -2.00. The smallest absolute Gasteiger partial charge is 0.175 e. The van der Waals surface area contributed by atoms with E-state index in [1.54, 1.807) is 23.9 Å². The van der Waals surface area contributed by atoms with Crippen LogP contribution in [0.1, 0.15) is 5.56 Å². The summed E-state index contributed by atoms with van der Waals surface area (Å²) in [5.74, 6) is 0.921. The van der Waals surface area contributed by atoms with Gasteiger partial charge in [-0.2, -0.15) is 11.8 Å². The lowest BCUT2D eigenvalue weighted by molar-refractivity contribution is 0.602. The molecule has 0 spiro atoms. The second-order valence-corrected chi connectivity index (χ2v) is 5.73. The Morgan fingerprint density at radius 1 is 1.23 bits per heavy atom. The van der Waals surface area contributed by atoms with Gasteiger partial charge in [0.15, 0.2) is 9.84 Å². The first-order valence-corrected chi connectivity index (χ1v) is 7.10. The lowest BCUT2D eigenvalue weighted by atomic mass is 10.2. The average Bonchev–Trinajstić information content (AvgIpc) is 2.04. The minimum atomic E-state index is -3.04. The van der Waals surface area contributed by atoms with Gasteiger partial charge in [0.05, 0.1) is 4.90 Å². The van der Waals surface area contributed by atoms with Gasteiger partial charge in [-0.05, 0) is 24.0 Å². The fourth-order valence-corrected chi connectivity index (χ4v) is 2.16. The highest BCUT2D eigenvalue weighted by Crippen LogP contribution is 2.13. The van der Waals surface area contributed by atoms with Crippen molar-refractivity contribution in [1.82, 2.24) is 0 Å². The molecule has 0 bridgehead atoms. The molecule has 0 N–H and O–H groups in total. The van der Waals surface area contributed by atoms with Crippen LogP contribution >= 0.6 is 11.8 Å². The van der Waals surface area contributed by atoms with Gasteiger partial charge in [-0.3, -0.25) is 0 Å². The molecule has 72 valence electrons. The molecule has 0 saturated heterocycles. The van der Waals surface area contributed by atoms with E-state index in [1.165, 1.54) is 6.26 Å². The number of benzene rings is 1. The first kappa shape index (κ1) is 10.6. The first-order valence-electron chi connectivity index (χ1n) is 3.82. The SMILES string of the molecule is CSCc1ccc(S(C)(=O)=O)cc1. The second kappa shape index (κ2) is 4.15. The van der Waals surface area contributed by atoms with Crippen LogP contribution in [0.3, 0.4) is 0 Å². The molecular weight excluding hydrogens is 204 g/mol. The molecule has 0 radical (unpaired) electrons. The Morgan fingerprint density at radius 2 is 1.77 bits per heavy atom. The Balaban J connectivity index is 2.94. The van der Waals surface area contributed by atoms with Crippen molar-refractivity contribution in [1.29, 1.82) is 0 Å². The Labute approximate surface area is 83.3 Å². The van der Waals surface area contributed by atoms with Gasteiger partial charge < -0.3 is 0 Å². The molecule has 1 aromatic rings. The predicted molar refractivity (Wildman–Crippen MR) is 56.8 cm³/mol. The van der Waals surface area contributed by atoms with Crippen LogP contribution in [0, 0.1) is 0 Å². The van der Waals surface area contributed by atoms with Gasteiger partial charge in [0, 0.05) is 12.0 Å². The predicted octanol–water partition coefficient (Wildman–Crippen LogP) is 1.95. The summed E-state index contributed by atoms with van der Waals surface area (Å²) in [5.41, 5.74) is 1.15. The highest BCUT2D eigenvalue weighted by atomic mass is 32.2. The number of hydrogen-bond acceptors (Lipinski definition) is 3. The summed E-state index contributed by atoms with van der Waals surface area (Å²) in [6.45, 7) is 0. The van der Waals surface area contributed by atoms with Crippen molar-refractivity contribution >= 4 is 21.6 Å². The molecule has 0 fully saturated rings. The normalized spacial score (nSPS) is 11.5. The molecule has 0 aliphatic heterocycles. The van der Waals surface area contributed by atoms with Crippen molar-refractivity contribution < 1.29 is 8.42 Å². The summed E-state index contributed by atoms with van der Waals surface area (Å²) in [5, 5.41) is 0. The van der Waals surface area contributed by atoms with Crippen LogP contribution in [0.5, 0.6) is 0 Å². The topological polar surface area (TPSA) is 34.1 Å². The molecule has 0 aliphatic rings. The molecule has 1 aromatic carbocycles. The number of thioether (sulfide) groups is 1. The third kappa shape index (κ3) is 3.04. The number of rotatable bonds is 3. The maximum Gasteiger partial charge on any atom is 0.175 e. The molecule has 0 saturated carbocycles. The lowest BCUT2D eigenvalue weighted by Crippen LogP contribution is -1.96. The molecule has 2 nitrogen and oxygen atoms in total. The molecule has 0 heterocycles. The van der Waals surface area contributed by atoms with Crippen LogP contribution in [0.2, 0.25) is 0 Å². The Kier molecular flexibility index (Phi) is 3.39. The quantitative estimate of drug-likeness (QED) is 0.774. The fraction of sp³-hybridized carbons (Fsp3) is 0.333. The van der Waals surface area contributed by atoms with Gasteiger partial charge in [-0.15, -0.1) is 0 Å². The summed E-state index contributed by atoms with van der Waals surface area (Å²) in [6, 6.07) is 7.02. The average molecular weight is 216 g/mol. The van der Waals surface area contributed by atoms with Crippen LogP contribution in [0.4, 0.5) is 0 Å². The van der Waals surface area contributed by atoms with Crippen LogP contribution in [0.25, 0.3) is 0 Å². The fourth-order valence-electron chi connectivity index (χ4n) is 1.000. The Bertz CT molecular complexity index is 365. The van der Waals surface area contributed by atoms with Crippen molar-refractivity contribution in [3.05, 3.63) is 29.8 Å². The molecule has 13 heavy (non-hydrogen) atoms. The summed E-state index contributed by atoms with van der Waals surface area (Å²) < 4.78 is 22.2. The van der Waals surface area contributed by atoms with Crippen molar-refractivity contribution in [2.24, 2.45) is 0 Å². The highest BCUT2D eigenvalue weighted by Gasteiger charge is 2.05. The van der Waals surface area contributed by atoms with Gasteiger partial charge in [-0.25, -0.2) is 8.42 Å². The summed E-state index contributed by atoms with van der Waals surface area (Å²) in [6.07, 6.45) is 3.24. The summed E-state index contributed by atoms with van der Waals surface area (Å²) in [4.78, 5) is 0.386. The van der Waals surface area contributed by atoms with Crippen molar-refractivity contribution in [2.75, 3.05) is 12.5 Å². The molecule has 0 amide bonds. The molecule has 0 atom stereocenters. The van der Waals surface area contributed by atoms with Gasteiger partial charge in [-0.1, -0.05) is 12.1 Å². The van der Waals surface area contributed by atoms with Crippen molar-refractivity contribution in [2.45, 2.75) is 10.6 Å². The van der Waals surface area contributed by atoms with E-state index in [4.69, 9.17) is 0 Å². The molecular formula is C9H12O2S2. The van der Waals surface area contributed by atoms with E-state index in [-0.39, 0.29) is 0 Å². The monoisotopic (exact) mass is 216 g/mol. The van der Waals surface area contributed by atoms with Crippen LogP contribution in [-0.2, 0) is 15.6 Å². The van der Waals surface area contributed by atoms with Crippen LogP contribution < -0.4 is 0 Å². The van der Waals surface area contributed by atoms with Crippen LogP contribution in [0.15, 0.2) is 29.2 Å². The van der Waals surface area contributed by atoms with Gasteiger partial charge >= 0.3 is 0 Å². The zero-order chi connectivity index (χ0) is 9.90. The molecule has 1 rings (SSSR count). The van der Waals surface area contributed by atoms with Crippen molar-refractivity contribution in [3.63, 3.8) is 0 Å². The minimum Gasteiger partial charge on any atom is -0.224 e. The first-order chi connectivity index (χ1) is 6.04. The molecule has 4 heteroatoms. The summed E-state index contributed by atoms with van der Waals surface area (Å²) in [7, 11) is -3.04. The summed E-state index contributed by atoms with van der Waals surface area (Å²) >= 11 is 1.72. The van der Waals surface area contributed by atoms with E-state index in [9.17, 15) is 8.42 Å².